The maximum absolute atomic E-state index is 13.8. The van der Waals surface area contributed by atoms with E-state index in [0.29, 0.717) is 48.1 Å². The van der Waals surface area contributed by atoms with Crippen LogP contribution in [0.25, 0.3) is 0 Å². The number of anilines is 1. The van der Waals surface area contributed by atoms with Crippen LogP contribution in [0.4, 0.5) is 5.69 Å². The highest BCUT2D eigenvalue weighted by Crippen LogP contribution is 2.44. The summed E-state index contributed by atoms with van der Waals surface area (Å²) >= 11 is 6.24. The van der Waals surface area contributed by atoms with Crippen LogP contribution in [0.2, 0.25) is 5.02 Å². The van der Waals surface area contributed by atoms with E-state index in [0.717, 1.165) is 22.3 Å². The number of halogens is 1. The normalized spacial score (nSPS) is 19.7. The Kier molecular flexibility index (Phi) is 8.82. The zero-order valence-corrected chi connectivity index (χ0v) is 26.8. The van der Waals surface area contributed by atoms with Crippen molar-refractivity contribution < 1.29 is 27.8 Å². The van der Waals surface area contributed by atoms with E-state index < -0.39 is 21.7 Å². The summed E-state index contributed by atoms with van der Waals surface area (Å²) in [5.41, 5.74) is 2.97. The number of carbonyl (C=O) groups excluding carboxylic acids is 1. The minimum atomic E-state index is -3.26. The van der Waals surface area contributed by atoms with Crippen molar-refractivity contribution in [1.82, 2.24) is 4.31 Å². The molecule has 0 aliphatic carbocycles. The van der Waals surface area contributed by atoms with Crippen molar-refractivity contribution in [3.8, 4) is 11.5 Å². The summed E-state index contributed by atoms with van der Waals surface area (Å²) < 4.78 is 37.1. The zero-order valence-electron chi connectivity index (χ0n) is 25.2. The van der Waals surface area contributed by atoms with E-state index in [1.165, 1.54) is 10.6 Å². The Labute approximate surface area is 259 Å². The molecule has 8 nitrogen and oxygen atoms in total. The maximum atomic E-state index is 13.8. The monoisotopic (exact) mass is 626 g/mol. The summed E-state index contributed by atoms with van der Waals surface area (Å²) in [6.07, 6.45) is 2.46. The molecule has 1 amide bonds. The average molecular weight is 627 g/mol. The standard InChI is InChI=1S/C33H39ClN2O6S/c1-21(2)42-30-20-28-23(18-29(30)41-4)19-31(37)36(32(28)22-6-10-26(34)11-7-22)27-12-8-24(9-13-27)33(3,38)25-14-16-35(17-15-25)43(5,39)40/h6-13,18,20-21,25,32,38H,14-17,19H2,1-5H3/t32?,33-/m1/s1. The molecule has 0 bridgehead atoms. The van der Waals surface area contributed by atoms with E-state index in [2.05, 4.69) is 0 Å². The third kappa shape index (κ3) is 6.41. The summed E-state index contributed by atoms with van der Waals surface area (Å²) in [4.78, 5) is 15.6. The molecule has 0 aromatic heterocycles. The van der Waals surface area contributed by atoms with Gasteiger partial charge in [0, 0.05) is 23.8 Å². The molecule has 3 aromatic rings. The van der Waals surface area contributed by atoms with Gasteiger partial charge in [-0.15, -0.1) is 0 Å². The number of aliphatic hydroxyl groups is 1. The molecule has 0 spiro atoms. The van der Waals surface area contributed by atoms with Crippen LogP contribution in [0.15, 0.2) is 60.7 Å². The molecule has 2 atom stereocenters. The molecule has 43 heavy (non-hydrogen) atoms. The first-order chi connectivity index (χ1) is 20.3. The fourth-order valence-corrected chi connectivity index (χ4v) is 7.27. The van der Waals surface area contributed by atoms with E-state index in [4.69, 9.17) is 21.1 Å². The molecule has 1 unspecified atom stereocenters. The number of rotatable bonds is 8. The third-order valence-electron chi connectivity index (χ3n) is 8.58. The highest BCUT2D eigenvalue weighted by molar-refractivity contribution is 7.88. The summed E-state index contributed by atoms with van der Waals surface area (Å²) in [6, 6.07) is 18.4. The number of hydrogen-bond acceptors (Lipinski definition) is 6. The van der Waals surface area contributed by atoms with Crippen LogP contribution < -0.4 is 14.4 Å². The van der Waals surface area contributed by atoms with E-state index >= 15 is 0 Å². The van der Waals surface area contributed by atoms with Crippen molar-refractivity contribution in [2.75, 3.05) is 31.4 Å². The highest BCUT2D eigenvalue weighted by Gasteiger charge is 2.39. The van der Waals surface area contributed by atoms with E-state index in [1.807, 2.05) is 74.5 Å². The molecule has 0 radical (unpaired) electrons. The molecule has 5 rings (SSSR count). The van der Waals surface area contributed by atoms with E-state index in [9.17, 15) is 18.3 Å². The smallest absolute Gasteiger partial charge is 0.232 e. The highest BCUT2D eigenvalue weighted by atomic mass is 35.5. The summed E-state index contributed by atoms with van der Waals surface area (Å²) in [7, 11) is -1.66. The number of carbonyl (C=O) groups is 1. The van der Waals surface area contributed by atoms with Gasteiger partial charge in [0.25, 0.3) is 0 Å². The van der Waals surface area contributed by atoms with Crippen LogP contribution in [0.3, 0.4) is 0 Å². The van der Waals surface area contributed by atoms with Gasteiger partial charge in [-0.2, -0.15) is 0 Å². The molecule has 2 aliphatic rings. The van der Waals surface area contributed by atoms with Crippen LogP contribution >= 0.6 is 11.6 Å². The molecule has 2 aliphatic heterocycles. The van der Waals surface area contributed by atoms with Gasteiger partial charge >= 0.3 is 0 Å². The lowest BCUT2D eigenvalue weighted by molar-refractivity contribution is -0.118. The number of hydrogen-bond donors (Lipinski definition) is 1. The van der Waals surface area contributed by atoms with Gasteiger partial charge in [-0.3, -0.25) is 4.79 Å². The summed E-state index contributed by atoms with van der Waals surface area (Å²) in [5.74, 6) is 1.02. The van der Waals surface area contributed by atoms with Crippen LogP contribution in [0.5, 0.6) is 11.5 Å². The number of sulfonamides is 1. The Morgan fingerprint density at radius 1 is 1.00 bits per heavy atom. The predicted octanol–water partition coefficient (Wildman–Crippen LogP) is 5.69. The number of benzene rings is 3. The fraction of sp³-hybridized carbons (Fsp3) is 0.424. The number of methoxy groups -OCH3 is 1. The first-order valence-electron chi connectivity index (χ1n) is 14.5. The van der Waals surface area contributed by atoms with Gasteiger partial charge in [-0.1, -0.05) is 35.9 Å². The van der Waals surface area contributed by atoms with Gasteiger partial charge in [0.05, 0.1) is 37.5 Å². The lowest BCUT2D eigenvalue weighted by atomic mass is 9.77. The van der Waals surface area contributed by atoms with Crippen LogP contribution in [-0.2, 0) is 26.8 Å². The van der Waals surface area contributed by atoms with E-state index in [-0.39, 0.29) is 24.3 Å². The van der Waals surface area contributed by atoms with Gasteiger partial charge in [0.15, 0.2) is 11.5 Å². The second-order valence-electron chi connectivity index (χ2n) is 11.9. The van der Waals surface area contributed by atoms with Crippen LogP contribution in [-0.4, -0.2) is 56.3 Å². The topological polar surface area (TPSA) is 96.4 Å². The van der Waals surface area contributed by atoms with Crippen LogP contribution in [0, 0.1) is 5.92 Å². The third-order valence-corrected chi connectivity index (χ3v) is 10.1. The molecule has 1 saturated heterocycles. The van der Waals surface area contributed by atoms with Gasteiger partial charge in [0.1, 0.15) is 0 Å². The maximum Gasteiger partial charge on any atom is 0.232 e. The van der Waals surface area contributed by atoms with Crippen molar-refractivity contribution in [2.24, 2.45) is 5.92 Å². The SMILES string of the molecule is COc1cc2c(cc1OC(C)C)C(c1ccc(Cl)cc1)N(c1ccc([C@@](C)(O)C3CCN(S(C)(=O)=O)CC3)cc1)C(=O)C2. The number of fused-ring (bicyclic) bond motifs is 1. The van der Waals surface area contributed by atoms with Gasteiger partial charge in [-0.25, -0.2) is 12.7 Å². The Balaban J connectivity index is 1.51. The molecule has 1 fully saturated rings. The number of ether oxygens (including phenoxy) is 2. The first-order valence-corrected chi connectivity index (χ1v) is 16.7. The Morgan fingerprint density at radius 3 is 2.19 bits per heavy atom. The fourth-order valence-electron chi connectivity index (χ4n) is 6.27. The molecule has 1 N–H and O–H groups in total. The number of piperidine rings is 1. The Morgan fingerprint density at radius 2 is 1.63 bits per heavy atom. The van der Waals surface area contributed by atoms with Crippen molar-refractivity contribution in [1.29, 1.82) is 0 Å². The van der Waals surface area contributed by atoms with Crippen molar-refractivity contribution in [3.05, 3.63) is 87.9 Å². The van der Waals surface area contributed by atoms with Gasteiger partial charge in [-0.05, 0) is 98.2 Å². The molecular formula is C33H39ClN2O6S. The summed E-state index contributed by atoms with van der Waals surface area (Å²) in [6.45, 7) is 6.46. The molecule has 2 heterocycles. The number of nitrogens with zero attached hydrogens (tertiary/aromatic N) is 2. The largest absolute Gasteiger partial charge is 0.493 e. The predicted molar refractivity (Wildman–Crippen MR) is 168 cm³/mol. The second kappa shape index (κ2) is 12.1. The van der Waals surface area contributed by atoms with Gasteiger partial charge < -0.3 is 19.5 Å². The Bertz CT molecular complexity index is 1580. The lowest BCUT2D eigenvalue weighted by Gasteiger charge is -2.40. The molecule has 0 saturated carbocycles. The molecular weight excluding hydrogens is 588 g/mol. The van der Waals surface area contributed by atoms with Gasteiger partial charge in [0.2, 0.25) is 15.9 Å². The quantitative estimate of drug-likeness (QED) is 0.345. The molecule has 10 heteroatoms. The first kappa shape index (κ1) is 31.3. The average Bonchev–Trinajstić information content (AvgIpc) is 2.96. The van der Waals surface area contributed by atoms with E-state index in [1.54, 1.807) is 18.9 Å². The molecule has 230 valence electrons. The molecule has 3 aromatic carbocycles. The zero-order chi connectivity index (χ0) is 31.1. The van der Waals surface area contributed by atoms with Crippen molar-refractivity contribution >= 4 is 33.2 Å². The summed E-state index contributed by atoms with van der Waals surface area (Å²) in [5, 5.41) is 12.2. The second-order valence-corrected chi connectivity index (χ2v) is 14.3. The lowest BCUT2D eigenvalue weighted by Crippen LogP contribution is -2.44. The van der Waals surface area contributed by atoms with Crippen LogP contribution in [0.1, 0.15) is 61.9 Å². The number of amides is 1. The van der Waals surface area contributed by atoms with Crippen molar-refractivity contribution in [3.63, 3.8) is 0 Å². The minimum absolute atomic E-state index is 0.0683. The minimum Gasteiger partial charge on any atom is -0.493 e. The Hall–Kier alpha value is -3.11. The van der Waals surface area contributed by atoms with Crippen molar-refractivity contribution in [2.45, 2.75) is 57.8 Å².